The topological polar surface area (TPSA) is 51.7 Å². The second-order valence-electron chi connectivity index (χ2n) is 5.71. The highest BCUT2D eigenvalue weighted by Gasteiger charge is 2.25. The number of benzene rings is 1. The molecule has 1 aliphatic rings. The lowest BCUT2D eigenvalue weighted by Crippen LogP contribution is -2.43. The van der Waals surface area contributed by atoms with Gasteiger partial charge in [-0.2, -0.15) is 0 Å². The Morgan fingerprint density at radius 1 is 1.24 bits per heavy atom. The summed E-state index contributed by atoms with van der Waals surface area (Å²) in [6.45, 7) is 0.988. The van der Waals surface area contributed by atoms with Gasteiger partial charge in [0.25, 0.3) is 5.91 Å². The van der Waals surface area contributed by atoms with E-state index in [1.54, 1.807) is 23.2 Å². The summed E-state index contributed by atoms with van der Waals surface area (Å²) in [5, 5.41) is 0. The molecule has 0 unspecified atom stereocenters. The number of carbonyl (C=O) groups excluding carboxylic acids is 1. The van der Waals surface area contributed by atoms with Crippen molar-refractivity contribution >= 4 is 21.8 Å². The summed E-state index contributed by atoms with van der Waals surface area (Å²) in [6.07, 6.45) is 3.13. The van der Waals surface area contributed by atoms with Crippen LogP contribution in [0.25, 0.3) is 0 Å². The molecule has 2 aromatic rings. The molecule has 25 heavy (non-hydrogen) atoms. The number of aromatic nitrogens is 1. The summed E-state index contributed by atoms with van der Waals surface area (Å²) < 4.78 is 25.5. The third-order valence-corrected chi connectivity index (χ3v) is 4.59. The van der Waals surface area contributed by atoms with Crippen molar-refractivity contribution in [3.05, 3.63) is 52.9 Å². The van der Waals surface area contributed by atoms with Crippen LogP contribution in [0, 0.1) is 5.82 Å². The van der Waals surface area contributed by atoms with Gasteiger partial charge < -0.3 is 14.4 Å². The molecule has 1 aromatic carbocycles. The molecule has 7 heteroatoms. The van der Waals surface area contributed by atoms with Gasteiger partial charge in [-0.3, -0.25) is 4.79 Å². The van der Waals surface area contributed by atoms with E-state index in [4.69, 9.17) is 9.47 Å². The maximum atomic E-state index is 13.5. The average molecular weight is 409 g/mol. The van der Waals surface area contributed by atoms with Crippen LogP contribution in [0.15, 0.2) is 47.1 Å². The first-order valence-corrected chi connectivity index (χ1v) is 8.85. The lowest BCUT2D eigenvalue weighted by atomic mass is 10.1. The normalized spacial score (nSPS) is 15.0. The smallest absolute Gasteiger partial charge is 0.260 e. The molecule has 0 aliphatic carbocycles. The predicted octanol–water partition coefficient (Wildman–Crippen LogP) is 3.43. The van der Waals surface area contributed by atoms with Crippen molar-refractivity contribution in [2.75, 3.05) is 19.7 Å². The third kappa shape index (κ3) is 4.69. The Hall–Kier alpha value is -2.15. The van der Waals surface area contributed by atoms with Gasteiger partial charge in [0.15, 0.2) is 18.2 Å². The van der Waals surface area contributed by atoms with Gasteiger partial charge in [0.2, 0.25) is 5.88 Å². The molecular formula is C18H18BrFN2O3. The molecular weight excluding hydrogens is 391 g/mol. The highest BCUT2D eigenvalue weighted by Crippen LogP contribution is 2.25. The number of carbonyl (C=O) groups is 1. The van der Waals surface area contributed by atoms with E-state index < -0.39 is 5.82 Å². The fraction of sp³-hybridized carbons (Fsp3) is 0.333. The maximum absolute atomic E-state index is 13.5. The molecule has 5 nitrogen and oxygen atoms in total. The van der Waals surface area contributed by atoms with Crippen molar-refractivity contribution < 1.29 is 18.7 Å². The molecule has 0 spiro atoms. The molecule has 1 aliphatic heterocycles. The van der Waals surface area contributed by atoms with Crippen LogP contribution < -0.4 is 9.47 Å². The van der Waals surface area contributed by atoms with E-state index in [2.05, 4.69) is 20.9 Å². The quantitative estimate of drug-likeness (QED) is 0.760. The van der Waals surface area contributed by atoms with Crippen LogP contribution in [0.4, 0.5) is 4.39 Å². The zero-order valence-electron chi connectivity index (χ0n) is 13.5. The van der Waals surface area contributed by atoms with Gasteiger partial charge in [-0.25, -0.2) is 9.37 Å². The lowest BCUT2D eigenvalue weighted by molar-refractivity contribution is -0.135. The summed E-state index contributed by atoms with van der Waals surface area (Å²) in [5.74, 6) is 0.0355. The van der Waals surface area contributed by atoms with E-state index >= 15 is 0 Å². The predicted molar refractivity (Wildman–Crippen MR) is 94.1 cm³/mol. The Bertz CT molecular complexity index is 736. The molecule has 0 radical (unpaired) electrons. The zero-order valence-corrected chi connectivity index (χ0v) is 15.1. The largest absolute Gasteiger partial charge is 0.481 e. The molecule has 132 valence electrons. The van der Waals surface area contributed by atoms with Gasteiger partial charge in [-0.1, -0.05) is 12.1 Å². The van der Waals surface area contributed by atoms with Crippen LogP contribution in [0.1, 0.15) is 12.8 Å². The minimum Gasteiger partial charge on any atom is -0.481 e. The summed E-state index contributed by atoms with van der Waals surface area (Å²) in [5.41, 5.74) is 0. The van der Waals surface area contributed by atoms with E-state index in [1.165, 1.54) is 12.1 Å². The lowest BCUT2D eigenvalue weighted by Gasteiger charge is -2.32. The van der Waals surface area contributed by atoms with Gasteiger partial charge in [0.1, 0.15) is 6.10 Å². The number of halogens is 2. The van der Waals surface area contributed by atoms with E-state index in [-0.39, 0.29) is 24.4 Å². The van der Waals surface area contributed by atoms with Crippen molar-refractivity contribution in [3.8, 4) is 11.6 Å². The molecule has 1 aromatic heterocycles. The minimum absolute atomic E-state index is 0.0164. The van der Waals surface area contributed by atoms with Crippen LogP contribution >= 0.6 is 15.9 Å². The molecule has 1 saturated heterocycles. The van der Waals surface area contributed by atoms with Crippen LogP contribution in [0.2, 0.25) is 0 Å². The first kappa shape index (κ1) is 17.7. The number of nitrogens with zero attached hydrogens (tertiary/aromatic N) is 2. The average Bonchev–Trinajstić information content (AvgIpc) is 2.63. The maximum Gasteiger partial charge on any atom is 0.260 e. The minimum atomic E-state index is -0.469. The Morgan fingerprint density at radius 3 is 2.72 bits per heavy atom. The summed E-state index contributed by atoms with van der Waals surface area (Å²) in [6, 6.07) is 9.76. The van der Waals surface area contributed by atoms with Gasteiger partial charge in [-0.15, -0.1) is 0 Å². The highest BCUT2D eigenvalue weighted by molar-refractivity contribution is 9.10. The van der Waals surface area contributed by atoms with Crippen LogP contribution in [0.5, 0.6) is 11.6 Å². The summed E-state index contributed by atoms with van der Waals surface area (Å²) >= 11 is 3.41. The van der Waals surface area contributed by atoms with E-state index in [1.807, 2.05) is 12.1 Å². The van der Waals surface area contributed by atoms with E-state index in [0.29, 0.717) is 31.8 Å². The fourth-order valence-corrected chi connectivity index (χ4v) is 2.98. The number of amides is 1. The summed E-state index contributed by atoms with van der Waals surface area (Å²) in [4.78, 5) is 18.1. The van der Waals surface area contributed by atoms with Crippen LogP contribution in [-0.2, 0) is 4.79 Å². The molecule has 0 bridgehead atoms. The fourth-order valence-electron chi connectivity index (χ4n) is 2.63. The van der Waals surface area contributed by atoms with Crippen molar-refractivity contribution in [2.45, 2.75) is 18.9 Å². The van der Waals surface area contributed by atoms with Crippen LogP contribution in [0.3, 0.4) is 0 Å². The molecule has 0 saturated carbocycles. The molecule has 3 rings (SSSR count). The van der Waals surface area contributed by atoms with Crippen molar-refractivity contribution in [2.24, 2.45) is 0 Å². The SMILES string of the molecule is O=C(COc1ccccc1F)N1CCC(Oc2ncccc2Br)CC1. The second-order valence-corrected chi connectivity index (χ2v) is 6.56. The number of rotatable bonds is 5. The van der Waals surface area contributed by atoms with Gasteiger partial charge >= 0.3 is 0 Å². The van der Waals surface area contributed by atoms with Crippen molar-refractivity contribution in [3.63, 3.8) is 0 Å². The summed E-state index contributed by atoms with van der Waals surface area (Å²) in [7, 11) is 0. The van der Waals surface area contributed by atoms with Crippen molar-refractivity contribution in [1.82, 2.24) is 9.88 Å². The number of para-hydroxylation sites is 1. The number of pyridine rings is 1. The molecule has 0 N–H and O–H groups in total. The first-order chi connectivity index (χ1) is 12.1. The number of piperidine rings is 1. The van der Waals surface area contributed by atoms with Gasteiger partial charge in [-0.05, 0) is 40.2 Å². The Balaban J connectivity index is 1.46. The van der Waals surface area contributed by atoms with Crippen molar-refractivity contribution in [1.29, 1.82) is 0 Å². The molecule has 2 heterocycles. The van der Waals surface area contributed by atoms with E-state index in [9.17, 15) is 9.18 Å². The Morgan fingerprint density at radius 2 is 2.00 bits per heavy atom. The molecule has 1 amide bonds. The Labute approximate surface area is 153 Å². The molecule has 0 atom stereocenters. The van der Waals surface area contributed by atoms with Crippen LogP contribution in [-0.4, -0.2) is 41.6 Å². The highest BCUT2D eigenvalue weighted by atomic mass is 79.9. The molecule has 1 fully saturated rings. The number of hydrogen-bond acceptors (Lipinski definition) is 4. The van der Waals surface area contributed by atoms with Gasteiger partial charge in [0, 0.05) is 32.1 Å². The Kier molecular flexibility index (Phi) is 5.86. The third-order valence-electron chi connectivity index (χ3n) is 3.99. The number of ether oxygens (including phenoxy) is 2. The number of hydrogen-bond donors (Lipinski definition) is 0. The second kappa shape index (κ2) is 8.29. The van der Waals surface area contributed by atoms with Gasteiger partial charge in [0.05, 0.1) is 4.47 Å². The zero-order chi connectivity index (χ0) is 17.6. The monoisotopic (exact) mass is 408 g/mol. The first-order valence-electron chi connectivity index (χ1n) is 8.06. The standard InChI is InChI=1S/C18H18BrFN2O3/c19-14-4-3-9-21-18(14)25-13-7-10-22(11-8-13)17(23)12-24-16-6-2-1-5-15(16)20/h1-6,9,13H,7-8,10-12H2. The van der Waals surface area contributed by atoms with E-state index in [0.717, 1.165) is 4.47 Å². The number of likely N-dealkylation sites (tertiary alicyclic amines) is 1.